The molecule has 1 fully saturated rings. The Bertz CT molecular complexity index is 679. The molecule has 0 saturated heterocycles. The first-order valence-electron chi connectivity index (χ1n) is 6.33. The van der Waals surface area contributed by atoms with E-state index in [1.807, 2.05) is 0 Å². The molecular formula is C12H16FNO4S2. The topological polar surface area (TPSA) is 80.3 Å². The maximum atomic E-state index is 12.9. The molecular weight excluding hydrogens is 305 g/mol. The third-order valence-corrected chi connectivity index (χ3v) is 5.67. The van der Waals surface area contributed by atoms with Crippen LogP contribution in [0, 0.1) is 5.92 Å². The van der Waals surface area contributed by atoms with Crippen LogP contribution in [-0.4, -0.2) is 23.4 Å². The number of sulfonamides is 1. The van der Waals surface area contributed by atoms with E-state index in [2.05, 4.69) is 4.72 Å². The van der Waals surface area contributed by atoms with Crippen molar-refractivity contribution in [2.45, 2.75) is 35.5 Å². The highest BCUT2D eigenvalue weighted by Gasteiger charge is 2.21. The summed E-state index contributed by atoms with van der Waals surface area (Å²) in [6, 6.07) is 4.29. The molecule has 1 aliphatic carbocycles. The lowest BCUT2D eigenvalue weighted by molar-refractivity contribution is 0.519. The Balaban J connectivity index is 2.16. The molecule has 1 N–H and O–H groups in total. The zero-order valence-electron chi connectivity index (χ0n) is 10.7. The largest absolute Gasteiger partial charge is 0.332 e. The average Bonchev–Trinajstić information content (AvgIpc) is 2.89. The van der Waals surface area contributed by atoms with Gasteiger partial charge in [0.2, 0.25) is 10.0 Å². The fourth-order valence-electron chi connectivity index (χ4n) is 2.32. The normalized spacial score (nSPS) is 17.4. The van der Waals surface area contributed by atoms with Crippen LogP contribution in [0.25, 0.3) is 0 Å². The van der Waals surface area contributed by atoms with E-state index in [-0.39, 0.29) is 4.90 Å². The van der Waals surface area contributed by atoms with Crippen molar-refractivity contribution in [2.75, 3.05) is 6.54 Å². The van der Waals surface area contributed by atoms with E-state index in [0.29, 0.717) is 12.5 Å². The maximum absolute atomic E-state index is 12.9. The molecule has 0 aromatic heterocycles. The summed E-state index contributed by atoms with van der Waals surface area (Å²) in [6.45, 7) is 0.328. The molecule has 1 aromatic rings. The van der Waals surface area contributed by atoms with Gasteiger partial charge in [-0.3, -0.25) is 0 Å². The Morgan fingerprint density at radius 2 is 1.70 bits per heavy atom. The number of rotatable bonds is 5. The Morgan fingerprint density at radius 3 is 2.30 bits per heavy atom. The fraction of sp³-hybridized carbons (Fsp3) is 0.500. The number of nitrogens with one attached hydrogen (secondary N) is 1. The lowest BCUT2D eigenvalue weighted by Gasteiger charge is -2.11. The van der Waals surface area contributed by atoms with Gasteiger partial charge in [-0.05, 0) is 37.0 Å². The van der Waals surface area contributed by atoms with E-state index in [4.69, 9.17) is 0 Å². The summed E-state index contributed by atoms with van der Waals surface area (Å²) in [5.41, 5.74) is 0. The predicted octanol–water partition coefficient (Wildman–Crippen LogP) is 1.81. The summed E-state index contributed by atoms with van der Waals surface area (Å²) in [5, 5.41) is 0. The van der Waals surface area contributed by atoms with Crippen LogP contribution >= 0.6 is 0 Å². The van der Waals surface area contributed by atoms with E-state index in [1.54, 1.807) is 0 Å². The Morgan fingerprint density at radius 1 is 1.10 bits per heavy atom. The van der Waals surface area contributed by atoms with Crippen molar-refractivity contribution in [3.63, 3.8) is 0 Å². The van der Waals surface area contributed by atoms with Gasteiger partial charge in [0.15, 0.2) is 0 Å². The van der Waals surface area contributed by atoms with Gasteiger partial charge >= 0.3 is 10.2 Å². The van der Waals surface area contributed by atoms with Crippen LogP contribution in [0.1, 0.15) is 25.7 Å². The fourth-order valence-corrected chi connectivity index (χ4v) is 4.06. The number of hydrogen-bond acceptors (Lipinski definition) is 4. The van der Waals surface area contributed by atoms with Crippen molar-refractivity contribution in [3.8, 4) is 0 Å². The molecule has 0 aliphatic heterocycles. The second kappa shape index (κ2) is 5.79. The zero-order chi connectivity index (χ0) is 14.8. The highest BCUT2D eigenvalue weighted by molar-refractivity contribution is 7.89. The first-order valence-corrected chi connectivity index (χ1v) is 9.20. The molecule has 0 amide bonds. The van der Waals surface area contributed by atoms with Crippen molar-refractivity contribution in [1.82, 2.24) is 4.72 Å². The Kier molecular flexibility index (Phi) is 4.46. The number of hydrogen-bond donors (Lipinski definition) is 1. The highest BCUT2D eigenvalue weighted by atomic mass is 32.3. The van der Waals surface area contributed by atoms with Gasteiger partial charge in [0.1, 0.15) is 0 Å². The van der Waals surface area contributed by atoms with Gasteiger partial charge < -0.3 is 0 Å². The van der Waals surface area contributed by atoms with E-state index < -0.39 is 25.1 Å². The van der Waals surface area contributed by atoms with Crippen LogP contribution in [0.5, 0.6) is 0 Å². The number of benzene rings is 1. The second-order valence-corrected chi connectivity index (χ2v) is 8.03. The van der Waals surface area contributed by atoms with Crippen molar-refractivity contribution in [1.29, 1.82) is 0 Å². The van der Waals surface area contributed by atoms with Crippen LogP contribution in [0.4, 0.5) is 3.89 Å². The SMILES string of the molecule is O=S(=O)(F)c1cccc(S(=O)(=O)NCC2CCCC2)c1. The molecule has 0 bridgehead atoms. The van der Waals surface area contributed by atoms with Gasteiger partial charge in [-0.1, -0.05) is 18.9 Å². The minimum Gasteiger partial charge on any atom is -0.211 e. The zero-order valence-corrected chi connectivity index (χ0v) is 12.4. The summed E-state index contributed by atoms with van der Waals surface area (Å²) >= 11 is 0. The summed E-state index contributed by atoms with van der Waals surface area (Å²) in [4.78, 5) is -0.893. The molecule has 0 atom stereocenters. The highest BCUT2D eigenvalue weighted by Crippen LogP contribution is 2.24. The van der Waals surface area contributed by atoms with E-state index in [9.17, 15) is 20.7 Å². The summed E-state index contributed by atoms with van der Waals surface area (Å²) in [7, 11) is -8.72. The molecule has 112 valence electrons. The summed E-state index contributed by atoms with van der Waals surface area (Å²) in [6.07, 6.45) is 4.17. The third-order valence-electron chi connectivity index (χ3n) is 3.43. The van der Waals surface area contributed by atoms with Gasteiger partial charge in [-0.15, -0.1) is 3.89 Å². The predicted molar refractivity (Wildman–Crippen MR) is 71.9 cm³/mol. The van der Waals surface area contributed by atoms with Gasteiger partial charge in [-0.25, -0.2) is 13.1 Å². The van der Waals surface area contributed by atoms with Crippen molar-refractivity contribution in [3.05, 3.63) is 24.3 Å². The maximum Gasteiger partial charge on any atom is 0.332 e. The summed E-state index contributed by atoms with van der Waals surface area (Å²) < 4.78 is 61.0. The van der Waals surface area contributed by atoms with E-state index >= 15 is 0 Å². The van der Waals surface area contributed by atoms with E-state index in [1.165, 1.54) is 12.1 Å². The summed E-state index contributed by atoms with van der Waals surface area (Å²) in [5.74, 6) is 0.317. The molecule has 8 heteroatoms. The van der Waals surface area contributed by atoms with E-state index in [0.717, 1.165) is 37.8 Å². The van der Waals surface area contributed by atoms with Crippen LogP contribution in [0.3, 0.4) is 0 Å². The molecule has 1 aromatic carbocycles. The molecule has 0 radical (unpaired) electrons. The lowest BCUT2D eigenvalue weighted by Crippen LogP contribution is -2.28. The second-order valence-electron chi connectivity index (χ2n) is 4.92. The first kappa shape index (κ1) is 15.4. The lowest BCUT2D eigenvalue weighted by atomic mass is 10.1. The quantitative estimate of drug-likeness (QED) is 0.839. The first-order chi connectivity index (χ1) is 9.29. The van der Waals surface area contributed by atoms with Crippen LogP contribution < -0.4 is 4.72 Å². The minimum absolute atomic E-state index is 0.241. The van der Waals surface area contributed by atoms with Crippen molar-refractivity contribution in [2.24, 2.45) is 5.92 Å². The molecule has 20 heavy (non-hydrogen) atoms. The molecule has 0 unspecified atom stereocenters. The minimum atomic E-state index is -4.91. The molecule has 5 nitrogen and oxygen atoms in total. The van der Waals surface area contributed by atoms with Gasteiger partial charge in [0.25, 0.3) is 0 Å². The van der Waals surface area contributed by atoms with Crippen LogP contribution in [0.2, 0.25) is 0 Å². The van der Waals surface area contributed by atoms with Crippen LogP contribution in [0.15, 0.2) is 34.1 Å². The van der Waals surface area contributed by atoms with Crippen molar-refractivity contribution >= 4 is 20.2 Å². The molecule has 1 aliphatic rings. The van der Waals surface area contributed by atoms with Gasteiger partial charge in [-0.2, -0.15) is 8.42 Å². The smallest absolute Gasteiger partial charge is 0.211 e. The van der Waals surface area contributed by atoms with Crippen molar-refractivity contribution < 1.29 is 20.7 Å². The molecule has 2 rings (SSSR count). The van der Waals surface area contributed by atoms with Crippen LogP contribution in [-0.2, 0) is 20.2 Å². The Labute approximate surface area is 118 Å². The van der Waals surface area contributed by atoms with Gasteiger partial charge in [0, 0.05) is 6.54 Å². The third kappa shape index (κ3) is 3.77. The Hall–Kier alpha value is -0.990. The van der Waals surface area contributed by atoms with Gasteiger partial charge in [0.05, 0.1) is 9.79 Å². The molecule has 1 saturated carbocycles. The monoisotopic (exact) mass is 321 g/mol. The molecule has 0 spiro atoms. The molecule has 0 heterocycles. The average molecular weight is 321 g/mol. The number of halogens is 1. The standard InChI is InChI=1S/C12H16FNO4S2/c13-19(15,16)11-6-3-7-12(8-11)20(17,18)14-9-10-4-1-2-5-10/h3,6-8,10,14H,1-2,4-5,9H2.